The number of para-hydroxylation sites is 1. The maximum atomic E-state index is 14.3. The van der Waals surface area contributed by atoms with Crippen LogP contribution in [0.15, 0.2) is 18.2 Å². The molecule has 0 radical (unpaired) electrons. The van der Waals surface area contributed by atoms with E-state index in [1.807, 2.05) is 4.90 Å². The van der Waals surface area contributed by atoms with Gasteiger partial charge in [-0.1, -0.05) is 6.07 Å². The Bertz CT molecular complexity index is 1510. The first-order valence-corrected chi connectivity index (χ1v) is 16.2. The van der Waals surface area contributed by atoms with Gasteiger partial charge in [-0.3, -0.25) is 4.57 Å². The summed E-state index contributed by atoms with van der Waals surface area (Å²) in [6.45, 7) is 5.82. The van der Waals surface area contributed by atoms with Crippen LogP contribution in [-0.2, 0) is 14.8 Å². The van der Waals surface area contributed by atoms with Gasteiger partial charge in [0.05, 0.1) is 32.1 Å². The monoisotopic (exact) mass is 623 g/mol. The van der Waals surface area contributed by atoms with Gasteiger partial charge >= 0.3 is 0 Å². The molecule has 1 atom stereocenters. The molecule has 2 fully saturated rings. The van der Waals surface area contributed by atoms with E-state index in [-0.39, 0.29) is 24.0 Å². The lowest BCUT2D eigenvalue weighted by Gasteiger charge is -2.38. The molecule has 0 saturated carbocycles. The topological polar surface area (TPSA) is 131 Å². The lowest BCUT2D eigenvalue weighted by molar-refractivity contribution is 0.122. The molecule has 43 heavy (non-hydrogen) atoms. The summed E-state index contributed by atoms with van der Waals surface area (Å²) in [4.78, 5) is 22.2. The fraction of sp³-hybridized carbons (Fsp3) is 0.630. The van der Waals surface area contributed by atoms with Crippen molar-refractivity contribution in [3.05, 3.63) is 24.0 Å². The van der Waals surface area contributed by atoms with Crippen molar-refractivity contribution in [2.45, 2.75) is 44.7 Å². The number of imidazole rings is 1. The predicted octanol–water partition coefficient (Wildman–Crippen LogP) is 2.54. The summed E-state index contributed by atoms with van der Waals surface area (Å²) in [5, 5.41) is 3.28. The Kier molecular flexibility index (Phi) is 9.58. The Balaban J connectivity index is 1.36. The molecule has 5 rings (SSSR count). The Morgan fingerprint density at radius 1 is 1.09 bits per heavy atom. The summed E-state index contributed by atoms with van der Waals surface area (Å²) in [5.41, 5.74) is 0.694. The molecular formula is C27H39F2N9O4S. The Morgan fingerprint density at radius 2 is 1.79 bits per heavy atom. The van der Waals surface area contributed by atoms with E-state index in [1.165, 1.54) is 22.2 Å². The predicted molar refractivity (Wildman–Crippen MR) is 159 cm³/mol. The van der Waals surface area contributed by atoms with Gasteiger partial charge in [0.2, 0.25) is 27.9 Å². The molecule has 13 nitrogen and oxygen atoms in total. The molecule has 0 amide bonds. The lowest BCUT2D eigenvalue weighted by atomic mass is 10.0. The summed E-state index contributed by atoms with van der Waals surface area (Å²) in [5.74, 6) is 0.560. The molecule has 0 bridgehead atoms. The fourth-order valence-corrected chi connectivity index (χ4v) is 6.46. The van der Waals surface area contributed by atoms with Crippen molar-refractivity contribution < 1.29 is 26.7 Å². The van der Waals surface area contributed by atoms with Crippen LogP contribution in [0, 0.1) is 0 Å². The number of alkyl halides is 2. The van der Waals surface area contributed by atoms with Crippen LogP contribution in [0.4, 0.5) is 20.7 Å². The number of fused-ring (bicyclic) bond motifs is 1. The van der Waals surface area contributed by atoms with Crippen molar-refractivity contribution in [3.63, 3.8) is 0 Å². The average Bonchev–Trinajstić information content (AvgIpc) is 3.41. The fourth-order valence-electron chi connectivity index (χ4n) is 5.59. The van der Waals surface area contributed by atoms with Crippen LogP contribution in [0.5, 0.6) is 5.75 Å². The number of nitrogens with zero attached hydrogens (tertiary/aromatic N) is 8. The number of aromatic nitrogens is 5. The highest BCUT2D eigenvalue weighted by molar-refractivity contribution is 7.88. The number of hydrogen-bond donors (Lipinski definition) is 1. The maximum absolute atomic E-state index is 14.3. The van der Waals surface area contributed by atoms with E-state index in [9.17, 15) is 17.2 Å². The van der Waals surface area contributed by atoms with E-state index < -0.39 is 22.3 Å². The molecule has 0 spiro atoms. The summed E-state index contributed by atoms with van der Waals surface area (Å²) >= 11 is 0. The second-order valence-electron chi connectivity index (χ2n) is 10.9. The van der Waals surface area contributed by atoms with Crippen LogP contribution in [-0.4, -0.2) is 121 Å². The standard InChI is InChI=1S/C27H39F2N9O4S/c1-18(35(2)19-9-12-37(13-10-19)43(4,39)40)8-11-30-25-32-26(36-14-16-42-17-15-36)34-27(33-25)38-20-6-5-7-21(41-3)22(20)31-24(38)23(28)29/h5-7,18-19,23H,8-17H2,1-4H3,(H,30,32,33,34). The van der Waals surface area contributed by atoms with Gasteiger partial charge in [-0.2, -0.15) is 15.0 Å². The molecule has 3 aromatic rings. The van der Waals surface area contributed by atoms with Crippen molar-refractivity contribution in [1.82, 2.24) is 33.7 Å². The number of piperidine rings is 1. The normalized spacial score (nSPS) is 18.1. The molecule has 0 aliphatic carbocycles. The number of benzene rings is 1. The van der Waals surface area contributed by atoms with E-state index in [1.54, 1.807) is 18.2 Å². The average molecular weight is 624 g/mol. The zero-order chi connectivity index (χ0) is 30.7. The Hall–Kier alpha value is -3.21. The molecule has 4 heterocycles. The number of hydrogen-bond acceptors (Lipinski definition) is 11. The number of rotatable bonds is 11. The molecule has 2 aromatic heterocycles. The highest BCUT2D eigenvalue weighted by atomic mass is 32.2. The molecule has 1 aromatic carbocycles. The van der Waals surface area contributed by atoms with E-state index in [0.717, 1.165) is 19.3 Å². The molecule has 2 aliphatic heterocycles. The molecule has 1 N–H and O–H groups in total. The number of methoxy groups -OCH3 is 1. The van der Waals surface area contributed by atoms with Gasteiger partial charge in [-0.25, -0.2) is 26.5 Å². The zero-order valence-corrected chi connectivity index (χ0v) is 25.7. The first kappa shape index (κ1) is 31.2. The number of halogens is 2. The van der Waals surface area contributed by atoms with E-state index >= 15 is 0 Å². The third-order valence-corrected chi connectivity index (χ3v) is 9.51. The van der Waals surface area contributed by atoms with Crippen LogP contribution < -0.4 is 15.0 Å². The van der Waals surface area contributed by atoms with Crippen LogP contribution in [0.2, 0.25) is 0 Å². The van der Waals surface area contributed by atoms with Gasteiger partial charge in [-0.15, -0.1) is 0 Å². The van der Waals surface area contributed by atoms with E-state index in [4.69, 9.17) is 9.47 Å². The third-order valence-electron chi connectivity index (χ3n) is 8.20. The maximum Gasteiger partial charge on any atom is 0.296 e. The number of ether oxygens (including phenoxy) is 2. The van der Waals surface area contributed by atoms with Crippen LogP contribution in [0.3, 0.4) is 0 Å². The van der Waals surface area contributed by atoms with Crippen LogP contribution >= 0.6 is 0 Å². The SMILES string of the molecule is COc1cccc2c1nc(C(F)F)n2-c1nc(NCCC(C)N(C)C2CCN(S(C)(=O)=O)CC2)nc(N2CCOCC2)n1. The number of nitrogens with one attached hydrogen (secondary N) is 1. The van der Waals surface area contributed by atoms with Crippen LogP contribution in [0.1, 0.15) is 38.4 Å². The Morgan fingerprint density at radius 3 is 2.44 bits per heavy atom. The van der Waals surface area contributed by atoms with Gasteiger partial charge < -0.3 is 24.6 Å². The smallest absolute Gasteiger partial charge is 0.296 e. The summed E-state index contributed by atoms with van der Waals surface area (Å²) in [6.07, 6.45) is 0.680. The molecule has 16 heteroatoms. The molecular weight excluding hydrogens is 584 g/mol. The molecule has 2 saturated heterocycles. The summed E-state index contributed by atoms with van der Waals surface area (Å²) in [7, 11) is 0.356. The molecule has 236 valence electrons. The summed E-state index contributed by atoms with van der Waals surface area (Å²) in [6, 6.07) is 5.53. The van der Waals surface area contributed by atoms with Crippen molar-refractivity contribution in [2.24, 2.45) is 0 Å². The third kappa shape index (κ3) is 6.97. The second-order valence-corrected chi connectivity index (χ2v) is 12.9. The first-order valence-electron chi connectivity index (χ1n) is 14.4. The van der Waals surface area contributed by atoms with Crippen molar-refractivity contribution >= 4 is 33.0 Å². The van der Waals surface area contributed by atoms with Crippen molar-refractivity contribution in [3.8, 4) is 11.7 Å². The quantitative estimate of drug-likeness (QED) is 0.338. The minimum atomic E-state index is -3.17. The largest absolute Gasteiger partial charge is 0.494 e. The van der Waals surface area contributed by atoms with Gasteiger partial charge in [-0.05, 0) is 45.4 Å². The highest BCUT2D eigenvalue weighted by Crippen LogP contribution is 2.32. The number of morpholine rings is 1. The Labute approximate surface area is 250 Å². The van der Waals surface area contributed by atoms with Crippen LogP contribution in [0.25, 0.3) is 17.0 Å². The number of sulfonamides is 1. The highest BCUT2D eigenvalue weighted by Gasteiger charge is 2.29. The zero-order valence-electron chi connectivity index (χ0n) is 24.9. The van der Waals surface area contributed by atoms with Gasteiger partial charge in [0, 0.05) is 44.8 Å². The van der Waals surface area contributed by atoms with Crippen molar-refractivity contribution in [1.29, 1.82) is 0 Å². The first-order chi connectivity index (χ1) is 20.6. The van der Waals surface area contributed by atoms with E-state index in [0.29, 0.717) is 68.7 Å². The molecule has 1 unspecified atom stereocenters. The van der Waals surface area contributed by atoms with Gasteiger partial charge in [0.25, 0.3) is 6.43 Å². The summed E-state index contributed by atoms with van der Waals surface area (Å²) < 4.78 is 65.9. The van der Waals surface area contributed by atoms with Gasteiger partial charge in [0.1, 0.15) is 11.3 Å². The minimum Gasteiger partial charge on any atom is -0.494 e. The minimum absolute atomic E-state index is 0.0350. The lowest BCUT2D eigenvalue weighted by Crippen LogP contribution is -2.48. The van der Waals surface area contributed by atoms with Crippen molar-refractivity contribution in [2.75, 3.05) is 76.6 Å². The second kappa shape index (κ2) is 13.2. The van der Waals surface area contributed by atoms with E-state index in [2.05, 4.69) is 44.1 Å². The molecule has 2 aliphatic rings. The number of anilines is 2. The van der Waals surface area contributed by atoms with Gasteiger partial charge in [0.15, 0.2) is 5.82 Å².